The zero-order chi connectivity index (χ0) is 14.8. The van der Waals surface area contributed by atoms with Crippen LogP contribution in [-0.2, 0) is 4.74 Å². The van der Waals surface area contributed by atoms with Crippen molar-refractivity contribution in [2.75, 3.05) is 32.1 Å². The van der Waals surface area contributed by atoms with Crippen LogP contribution < -0.4 is 10.6 Å². The summed E-state index contributed by atoms with van der Waals surface area (Å²) in [6.07, 6.45) is 5.21. The second-order valence-electron chi connectivity index (χ2n) is 5.17. The van der Waals surface area contributed by atoms with Gasteiger partial charge in [0.15, 0.2) is 0 Å². The van der Waals surface area contributed by atoms with Crippen LogP contribution in [0.25, 0.3) is 0 Å². The lowest BCUT2D eigenvalue weighted by Crippen LogP contribution is -2.25. The number of hydrogen-bond donors (Lipinski definition) is 2. The van der Waals surface area contributed by atoms with Gasteiger partial charge in [-0.2, -0.15) is 0 Å². The summed E-state index contributed by atoms with van der Waals surface area (Å²) >= 11 is 0. The van der Waals surface area contributed by atoms with Crippen molar-refractivity contribution in [3.63, 3.8) is 0 Å². The van der Waals surface area contributed by atoms with Crippen molar-refractivity contribution in [1.29, 1.82) is 0 Å². The molecule has 5 heteroatoms. The van der Waals surface area contributed by atoms with E-state index in [0.717, 1.165) is 31.7 Å². The van der Waals surface area contributed by atoms with E-state index >= 15 is 0 Å². The molecule has 1 aromatic heterocycles. The van der Waals surface area contributed by atoms with E-state index in [1.54, 1.807) is 19.5 Å². The molecule has 0 unspecified atom stereocenters. The van der Waals surface area contributed by atoms with Gasteiger partial charge in [0, 0.05) is 39.2 Å². The Balaban J connectivity index is 2.43. The quantitative estimate of drug-likeness (QED) is 0.681. The summed E-state index contributed by atoms with van der Waals surface area (Å²) < 4.78 is 4.99. The van der Waals surface area contributed by atoms with Crippen molar-refractivity contribution in [2.45, 2.75) is 26.7 Å². The fourth-order valence-corrected chi connectivity index (χ4v) is 1.69. The Labute approximate surface area is 121 Å². The molecule has 0 aromatic carbocycles. The maximum absolute atomic E-state index is 12.0. The zero-order valence-electron chi connectivity index (χ0n) is 12.6. The molecule has 1 heterocycles. The number of carbonyl (C=O) groups is 1. The van der Waals surface area contributed by atoms with E-state index in [1.807, 2.05) is 6.07 Å². The SMILES string of the molecule is COCCCNc1cncc(C(=O)NCCC(C)C)c1. The highest BCUT2D eigenvalue weighted by atomic mass is 16.5. The van der Waals surface area contributed by atoms with Gasteiger partial charge in [-0.25, -0.2) is 0 Å². The second-order valence-corrected chi connectivity index (χ2v) is 5.17. The van der Waals surface area contributed by atoms with Gasteiger partial charge in [-0.3, -0.25) is 9.78 Å². The molecule has 0 aliphatic heterocycles. The largest absolute Gasteiger partial charge is 0.385 e. The van der Waals surface area contributed by atoms with Crippen LogP contribution in [-0.4, -0.2) is 37.7 Å². The third-order valence-corrected chi connectivity index (χ3v) is 2.86. The standard InChI is InChI=1S/C15H25N3O2/c1-12(2)5-7-18-15(19)13-9-14(11-16-10-13)17-6-4-8-20-3/h9-12,17H,4-8H2,1-3H3,(H,18,19). The summed E-state index contributed by atoms with van der Waals surface area (Å²) in [5, 5.41) is 6.13. The average Bonchev–Trinajstić information content (AvgIpc) is 2.43. The number of amides is 1. The number of carbonyl (C=O) groups excluding carboxylic acids is 1. The number of aromatic nitrogens is 1. The molecule has 0 bridgehead atoms. The van der Waals surface area contributed by atoms with E-state index in [-0.39, 0.29) is 5.91 Å². The molecule has 0 saturated carbocycles. The highest BCUT2D eigenvalue weighted by Crippen LogP contribution is 2.08. The highest BCUT2D eigenvalue weighted by Gasteiger charge is 2.06. The van der Waals surface area contributed by atoms with Crippen molar-refractivity contribution in [3.8, 4) is 0 Å². The number of hydrogen-bond acceptors (Lipinski definition) is 4. The van der Waals surface area contributed by atoms with E-state index in [4.69, 9.17) is 4.74 Å². The monoisotopic (exact) mass is 279 g/mol. The average molecular weight is 279 g/mol. The van der Waals surface area contributed by atoms with Crippen LogP contribution in [0.1, 0.15) is 37.0 Å². The maximum Gasteiger partial charge on any atom is 0.252 e. The predicted molar refractivity (Wildman–Crippen MR) is 81.0 cm³/mol. The van der Waals surface area contributed by atoms with Crippen LogP contribution in [0.3, 0.4) is 0 Å². The Morgan fingerprint density at radius 2 is 2.15 bits per heavy atom. The summed E-state index contributed by atoms with van der Waals surface area (Å²) in [5.41, 5.74) is 1.45. The van der Waals surface area contributed by atoms with E-state index in [9.17, 15) is 4.79 Å². The molecule has 112 valence electrons. The molecule has 1 rings (SSSR count). The molecular weight excluding hydrogens is 254 g/mol. The first-order valence-electron chi connectivity index (χ1n) is 7.09. The minimum absolute atomic E-state index is 0.0707. The normalized spacial score (nSPS) is 10.6. The molecule has 0 fully saturated rings. The predicted octanol–water partition coefficient (Wildman–Crippen LogP) is 2.31. The summed E-state index contributed by atoms with van der Waals surface area (Å²) in [4.78, 5) is 16.0. The Kier molecular flexibility index (Phi) is 7.65. The zero-order valence-corrected chi connectivity index (χ0v) is 12.6. The molecule has 0 saturated heterocycles. The number of nitrogens with one attached hydrogen (secondary N) is 2. The molecule has 0 radical (unpaired) electrons. The van der Waals surface area contributed by atoms with Crippen molar-refractivity contribution < 1.29 is 9.53 Å². The number of nitrogens with zero attached hydrogens (tertiary/aromatic N) is 1. The number of anilines is 1. The van der Waals surface area contributed by atoms with Gasteiger partial charge >= 0.3 is 0 Å². The molecule has 0 aliphatic rings. The van der Waals surface area contributed by atoms with Gasteiger partial charge in [-0.05, 0) is 24.8 Å². The lowest BCUT2D eigenvalue weighted by atomic mass is 10.1. The fourth-order valence-electron chi connectivity index (χ4n) is 1.69. The van der Waals surface area contributed by atoms with Crippen LogP contribution in [0, 0.1) is 5.92 Å². The third kappa shape index (κ3) is 6.52. The van der Waals surface area contributed by atoms with Crippen LogP contribution in [0.15, 0.2) is 18.5 Å². The van der Waals surface area contributed by atoms with Crippen LogP contribution >= 0.6 is 0 Å². The molecule has 0 spiro atoms. The molecule has 0 atom stereocenters. The maximum atomic E-state index is 12.0. The Morgan fingerprint density at radius 3 is 2.85 bits per heavy atom. The molecule has 1 amide bonds. The third-order valence-electron chi connectivity index (χ3n) is 2.86. The highest BCUT2D eigenvalue weighted by molar-refractivity contribution is 5.94. The molecular formula is C15H25N3O2. The summed E-state index contributed by atoms with van der Waals surface area (Å²) in [6.45, 7) is 6.49. The fraction of sp³-hybridized carbons (Fsp3) is 0.600. The molecule has 1 aromatic rings. The smallest absolute Gasteiger partial charge is 0.252 e. The Bertz CT molecular complexity index is 408. The van der Waals surface area contributed by atoms with E-state index < -0.39 is 0 Å². The first kappa shape index (κ1) is 16.4. The minimum atomic E-state index is -0.0707. The van der Waals surface area contributed by atoms with Gasteiger partial charge in [-0.1, -0.05) is 13.8 Å². The lowest BCUT2D eigenvalue weighted by Gasteiger charge is -2.09. The van der Waals surface area contributed by atoms with Gasteiger partial charge in [-0.15, -0.1) is 0 Å². The van der Waals surface area contributed by atoms with Gasteiger partial charge in [0.25, 0.3) is 5.91 Å². The van der Waals surface area contributed by atoms with Crippen LogP contribution in [0.5, 0.6) is 0 Å². The molecule has 20 heavy (non-hydrogen) atoms. The molecule has 0 aliphatic carbocycles. The van der Waals surface area contributed by atoms with Crippen molar-refractivity contribution in [1.82, 2.24) is 10.3 Å². The number of rotatable bonds is 9. The van der Waals surface area contributed by atoms with Gasteiger partial charge in [0.1, 0.15) is 0 Å². The van der Waals surface area contributed by atoms with E-state index in [1.165, 1.54) is 0 Å². The topological polar surface area (TPSA) is 63.2 Å². The van der Waals surface area contributed by atoms with Gasteiger partial charge in [0.05, 0.1) is 11.3 Å². The first-order valence-corrected chi connectivity index (χ1v) is 7.09. The van der Waals surface area contributed by atoms with Crippen molar-refractivity contribution >= 4 is 11.6 Å². The van der Waals surface area contributed by atoms with Crippen molar-refractivity contribution in [3.05, 3.63) is 24.0 Å². The van der Waals surface area contributed by atoms with E-state index in [2.05, 4.69) is 29.5 Å². The molecule has 5 nitrogen and oxygen atoms in total. The summed E-state index contributed by atoms with van der Waals surface area (Å²) in [7, 11) is 1.68. The van der Waals surface area contributed by atoms with Gasteiger partial charge in [0.2, 0.25) is 0 Å². The van der Waals surface area contributed by atoms with Crippen LogP contribution in [0.2, 0.25) is 0 Å². The summed E-state index contributed by atoms with van der Waals surface area (Å²) in [5.74, 6) is 0.515. The Morgan fingerprint density at radius 1 is 1.35 bits per heavy atom. The number of pyridine rings is 1. The van der Waals surface area contributed by atoms with Gasteiger partial charge < -0.3 is 15.4 Å². The lowest BCUT2D eigenvalue weighted by molar-refractivity contribution is 0.0951. The number of methoxy groups -OCH3 is 1. The Hall–Kier alpha value is -1.62. The van der Waals surface area contributed by atoms with Crippen molar-refractivity contribution in [2.24, 2.45) is 5.92 Å². The second kappa shape index (κ2) is 9.31. The minimum Gasteiger partial charge on any atom is -0.385 e. The summed E-state index contributed by atoms with van der Waals surface area (Å²) in [6, 6.07) is 1.82. The van der Waals surface area contributed by atoms with E-state index in [0.29, 0.717) is 18.0 Å². The number of ether oxygens (including phenoxy) is 1. The van der Waals surface area contributed by atoms with Crippen LogP contribution in [0.4, 0.5) is 5.69 Å². The molecule has 2 N–H and O–H groups in total. The first-order chi connectivity index (χ1) is 9.63.